The predicted octanol–water partition coefficient (Wildman–Crippen LogP) is 0.0342. The molecule has 1 aromatic carbocycles. The van der Waals surface area contributed by atoms with Crippen LogP contribution < -0.4 is 10.3 Å². The number of nitrogens with one attached hydrogen (secondary N) is 1. The van der Waals surface area contributed by atoms with Gasteiger partial charge in [-0.3, -0.25) is 10.1 Å². The van der Waals surface area contributed by atoms with E-state index in [1.807, 2.05) is 12.3 Å². The normalized spacial score (nSPS) is 16.9. The lowest BCUT2D eigenvalue weighted by atomic mass is 10.2. The summed E-state index contributed by atoms with van der Waals surface area (Å²) >= 11 is 0. The number of hydrogen-bond acceptors (Lipinski definition) is 6. The molecule has 1 aliphatic rings. The second kappa shape index (κ2) is 4.62. The van der Waals surface area contributed by atoms with Crippen LogP contribution in [-0.4, -0.2) is 28.9 Å². The molecule has 90 valence electrons. The highest BCUT2D eigenvalue weighted by Gasteiger charge is 2.45. The molecular formula is C11H9N5O2. The highest BCUT2D eigenvalue weighted by molar-refractivity contribution is 5.69. The van der Waals surface area contributed by atoms with E-state index in [0.717, 1.165) is 5.69 Å². The first-order chi connectivity index (χ1) is 8.67. The van der Waals surface area contributed by atoms with E-state index >= 15 is 0 Å². The molecule has 1 aliphatic heterocycles. The molecular weight excluding hydrogens is 234 g/mol. The smallest absolute Gasteiger partial charge is 0.317 e. The van der Waals surface area contributed by atoms with Gasteiger partial charge in [-0.1, -0.05) is 0 Å². The molecule has 1 saturated heterocycles. The Balaban J connectivity index is 2.06. The van der Waals surface area contributed by atoms with Crippen molar-refractivity contribution in [3.05, 3.63) is 29.8 Å². The van der Waals surface area contributed by atoms with Crippen LogP contribution in [0.1, 0.15) is 5.56 Å². The van der Waals surface area contributed by atoms with E-state index in [1.165, 1.54) is 5.01 Å². The molecule has 7 heteroatoms. The van der Waals surface area contributed by atoms with Crippen molar-refractivity contribution in [2.24, 2.45) is 0 Å². The average molecular weight is 243 g/mol. The Morgan fingerprint density at radius 2 is 2.06 bits per heavy atom. The molecule has 1 aromatic rings. The van der Waals surface area contributed by atoms with Crippen LogP contribution in [0, 0.1) is 22.8 Å². The van der Waals surface area contributed by atoms with E-state index in [4.69, 9.17) is 15.6 Å². The van der Waals surface area contributed by atoms with Crippen molar-refractivity contribution >= 4 is 11.7 Å². The third kappa shape index (κ3) is 2.17. The fraction of sp³-hybridized carbons (Fsp3) is 0.182. The van der Waals surface area contributed by atoms with E-state index in [1.54, 1.807) is 29.3 Å². The number of carboxylic acids is 1. The van der Waals surface area contributed by atoms with Crippen molar-refractivity contribution in [1.29, 1.82) is 10.5 Å². The molecule has 1 atom stereocenters. The number of hydrazine groups is 1. The van der Waals surface area contributed by atoms with Crippen molar-refractivity contribution in [2.75, 3.05) is 11.6 Å². The second-order valence-corrected chi connectivity index (χ2v) is 3.60. The Morgan fingerprint density at radius 3 is 2.56 bits per heavy atom. The number of carboxylic acid groups (broad SMARTS) is 1. The van der Waals surface area contributed by atoms with Crippen LogP contribution in [0.5, 0.6) is 0 Å². The molecule has 0 aromatic heterocycles. The summed E-state index contributed by atoms with van der Waals surface area (Å²) in [5.74, 6) is -0.987. The summed E-state index contributed by atoms with van der Waals surface area (Å²) in [6.07, 6.45) is 1.48. The zero-order chi connectivity index (χ0) is 13.1. The van der Waals surface area contributed by atoms with Gasteiger partial charge < -0.3 is 5.11 Å². The van der Waals surface area contributed by atoms with Crippen molar-refractivity contribution in [2.45, 2.75) is 6.29 Å². The Hall–Kier alpha value is -2.77. The Bertz CT molecular complexity index is 542. The molecule has 2 rings (SSSR count). The fourth-order valence-corrected chi connectivity index (χ4v) is 1.58. The molecule has 2 N–H and O–H groups in total. The lowest BCUT2D eigenvalue weighted by Crippen LogP contribution is -2.28. The number of benzene rings is 1. The third-order valence-corrected chi connectivity index (χ3v) is 2.44. The molecule has 0 amide bonds. The van der Waals surface area contributed by atoms with Gasteiger partial charge in [0, 0.05) is 0 Å². The van der Waals surface area contributed by atoms with Crippen LogP contribution >= 0.6 is 0 Å². The van der Waals surface area contributed by atoms with Crippen molar-refractivity contribution in [3.63, 3.8) is 0 Å². The van der Waals surface area contributed by atoms with Crippen LogP contribution in [0.15, 0.2) is 24.3 Å². The van der Waals surface area contributed by atoms with Crippen LogP contribution in [0.25, 0.3) is 0 Å². The average Bonchev–Trinajstić information content (AvgIpc) is 3.09. The molecule has 0 saturated carbocycles. The molecule has 0 radical (unpaired) electrons. The Kier molecular flexibility index (Phi) is 3.00. The highest BCUT2D eigenvalue weighted by atomic mass is 16.4. The summed E-state index contributed by atoms with van der Waals surface area (Å²) in [4.78, 5) is 10.4. The van der Waals surface area contributed by atoms with Gasteiger partial charge in [-0.15, -0.1) is 0 Å². The minimum absolute atomic E-state index is 0.227. The van der Waals surface area contributed by atoms with Gasteiger partial charge in [-0.2, -0.15) is 15.5 Å². The highest BCUT2D eigenvalue weighted by Crippen LogP contribution is 2.31. The minimum Gasteiger partial charge on any atom is -0.480 e. The van der Waals surface area contributed by atoms with Crippen LogP contribution in [-0.2, 0) is 4.79 Å². The zero-order valence-electron chi connectivity index (χ0n) is 9.24. The molecule has 0 bridgehead atoms. The molecule has 0 spiro atoms. The summed E-state index contributed by atoms with van der Waals surface area (Å²) in [6, 6.07) is 8.67. The van der Waals surface area contributed by atoms with Crippen LogP contribution in [0.3, 0.4) is 0 Å². The number of hydrogen-bond donors (Lipinski definition) is 2. The summed E-state index contributed by atoms with van der Waals surface area (Å²) in [5.41, 5.74) is 1.25. The number of nitriles is 2. The molecule has 7 nitrogen and oxygen atoms in total. The summed E-state index contributed by atoms with van der Waals surface area (Å²) in [7, 11) is 0. The van der Waals surface area contributed by atoms with Gasteiger partial charge in [0.15, 0.2) is 0 Å². The van der Waals surface area contributed by atoms with Gasteiger partial charge in [0.25, 0.3) is 0 Å². The van der Waals surface area contributed by atoms with Crippen molar-refractivity contribution in [1.82, 2.24) is 10.3 Å². The number of rotatable bonds is 4. The van der Waals surface area contributed by atoms with E-state index in [2.05, 4.69) is 5.32 Å². The number of nitrogens with zero attached hydrogens (tertiary/aromatic N) is 4. The largest absolute Gasteiger partial charge is 0.480 e. The van der Waals surface area contributed by atoms with Gasteiger partial charge in [0.1, 0.15) is 0 Å². The first-order valence-electron chi connectivity index (χ1n) is 5.11. The number of carbonyl (C=O) groups is 1. The standard InChI is InChI=1S/C11H9N5O2/c12-5-8-1-3-9(4-2-8)16-11(15(16)7-13)14-6-10(17)18/h1-4,11,14H,6H2,(H,17,18). The molecule has 1 unspecified atom stereocenters. The summed E-state index contributed by atoms with van der Waals surface area (Å²) in [6.45, 7) is -0.227. The van der Waals surface area contributed by atoms with E-state index in [0.29, 0.717) is 5.56 Å². The third-order valence-electron chi connectivity index (χ3n) is 2.44. The second-order valence-electron chi connectivity index (χ2n) is 3.60. The van der Waals surface area contributed by atoms with Gasteiger partial charge in [0.2, 0.25) is 12.5 Å². The maximum absolute atomic E-state index is 10.4. The maximum atomic E-state index is 10.4. The minimum atomic E-state index is -0.987. The molecule has 0 aliphatic carbocycles. The molecule has 1 fully saturated rings. The fourth-order valence-electron chi connectivity index (χ4n) is 1.58. The lowest BCUT2D eigenvalue weighted by molar-refractivity contribution is -0.136. The predicted molar refractivity (Wildman–Crippen MR) is 60.5 cm³/mol. The van der Waals surface area contributed by atoms with Gasteiger partial charge >= 0.3 is 5.97 Å². The number of anilines is 1. The SMILES string of the molecule is N#Cc1ccc(N2C(NCC(=O)O)N2C#N)cc1. The van der Waals surface area contributed by atoms with Crippen LogP contribution in [0.4, 0.5) is 5.69 Å². The van der Waals surface area contributed by atoms with Gasteiger partial charge in [-0.25, -0.2) is 5.01 Å². The Labute approximate surface area is 103 Å². The van der Waals surface area contributed by atoms with Crippen LogP contribution in [0.2, 0.25) is 0 Å². The molecule has 1 heterocycles. The van der Waals surface area contributed by atoms with Crippen molar-refractivity contribution in [3.8, 4) is 12.3 Å². The van der Waals surface area contributed by atoms with E-state index in [9.17, 15) is 4.79 Å². The van der Waals surface area contributed by atoms with E-state index < -0.39 is 12.3 Å². The quantitative estimate of drug-likeness (QED) is 0.568. The lowest BCUT2D eigenvalue weighted by Gasteiger charge is -2.01. The molecule has 18 heavy (non-hydrogen) atoms. The van der Waals surface area contributed by atoms with Crippen molar-refractivity contribution < 1.29 is 9.90 Å². The monoisotopic (exact) mass is 243 g/mol. The van der Waals surface area contributed by atoms with Gasteiger partial charge in [0.05, 0.1) is 23.9 Å². The van der Waals surface area contributed by atoms with Gasteiger partial charge in [-0.05, 0) is 24.3 Å². The maximum Gasteiger partial charge on any atom is 0.317 e. The summed E-state index contributed by atoms with van der Waals surface area (Å²) in [5, 5.41) is 31.7. The van der Waals surface area contributed by atoms with E-state index in [-0.39, 0.29) is 6.54 Å². The zero-order valence-corrected chi connectivity index (χ0v) is 9.24. The summed E-state index contributed by atoms with van der Waals surface area (Å²) < 4.78 is 0. The topological polar surface area (TPSA) is 103 Å². The first kappa shape index (κ1) is 11.7. The Morgan fingerprint density at radius 1 is 1.39 bits per heavy atom. The number of aliphatic carboxylic acids is 1. The first-order valence-corrected chi connectivity index (χ1v) is 5.11.